The van der Waals surface area contributed by atoms with Crippen molar-refractivity contribution in [3.8, 4) is 11.5 Å². The number of amides is 1. The molecule has 1 aromatic heterocycles. The molecule has 0 saturated carbocycles. The van der Waals surface area contributed by atoms with Gasteiger partial charge in [-0.15, -0.1) is 0 Å². The van der Waals surface area contributed by atoms with Gasteiger partial charge in [-0.25, -0.2) is 8.42 Å². The van der Waals surface area contributed by atoms with E-state index in [-0.39, 0.29) is 27.1 Å². The summed E-state index contributed by atoms with van der Waals surface area (Å²) in [7, 11) is -1.30. The summed E-state index contributed by atoms with van der Waals surface area (Å²) in [6, 6.07) is 8.30. The van der Waals surface area contributed by atoms with Gasteiger partial charge in [0.05, 0.1) is 30.6 Å². The first-order valence-corrected chi connectivity index (χ1v) is 12.0. The summed E-state index contributed by atoms with van der Waals surface area (Å²) < 4.78 is 44.0. The van der Waals surface area contributed by atoms with Gasteiger partial charge in [-0.3, -0.25) is 9.10 Å². The molecule has 0 aliphatic carbocycles. The molecule has 0 bridgehead atoms. The number of rotatable bonds is 8. The van der Waals surface area contributed by atoms with Gasteiger partial charge in [0.1, 0.15) is 23.7 Å². The summed E-state index contributed by atoms with van der Waals surface area (Å²) in [5.41, 5.74) is 2.51. The fourth-order valence-corrected chi connectivity index (χ4v) is 5.58. The van der Waals surface area contributed by atoms with Crippen molar-refractivity contribution in [2.75, 3.05) is 30.4 Å². The fraction of sp³-hybridized carbons (Fsp3) is 0.304. The van der Waals surface area contributed by atoms with E-state index in [2.05, 4.69) is 10.5 Å². The number of ether oxygens (including phenoxy) is 2. The maximum absolute atomic E-state index is 13.7. The van der Waals surface area contributed by atoms with Crippen LogP contribution < -0.4 is 19.1 Å². The van der Waals surface area contributed by atoms with Gasteiger partial charge < -0.3 is 19.3 Å². The van der Waals surface area contributed by atoms with E-state index in [4.69, 9.17) is 25.6 Å². The number of nitrogens with one attached hydrogen (secondary N) is 1. The van der Waals surface area contributed by atoms with Gasteiger partial charge in [0.25, 0.3) is 10.0 Å². The Morgan fingerprint density at radius 1 is 1.03 bits per heavy atom. The van der Waals surface area contributed by atoms with Crippen molar-refractivity contribution in [1.29, 1.82) is 0 Å². The van der Waals surface area contributed by atoms with Crippen molar-refractivity contribution >= 4 is 38.9 Å². The Morgan fingerprint density at radius 3 is 2.18 bits per heavy atom. The molecule has 11 heteroatoms. The van der Waals surface area contributed by atoms with Crippen LogP contribution in [0.25, 0.3) is 0 Å². The number of hydrogen-bond acceptors (Lipinski definition) is 7. The number of carbonyl (C=O) groups excluding carboxylic acids is 1. The highest BCUT2D eigenvalue weighted by Crippen LogP contribution is 2.36. The van der Waals surface area contributed by atoms with E-state index in [9.17, 15) is 13.2 Å². The molecule has 3 rings (SSSR count). The number of sulfonamides is 1. The average molecular weight is 508 g/mol. The molecule has 0 fully saturated rings. The molecule has 9 nitrogen and oxygen atoms in total. The number of carbonyl (C=O) groups is 1. The van der Waals surface area contributed by atoms with Gasteiger partial charge in [0, 0.05) is 6.07 Å². The first kappa shape index (κ1) is 25.4. The first-order valence-electron chi connectivity index (χ1n) is 10.2. The van der Waals surface area contributed by atoms with Gasteiger partial charge in [0.15, 0.2) is 10.7 Å². The van der Waals surface area contributed by atoms with Crippen LogP contribution in [-0.4, -0.2) is 40.2 Å². The molecule has 0 radical (unpaired) electrons. The summed E-state index contributed by atoms with van der Waals surface area (Å²) >= 11 is 6.20. The lowest BCUT2D eigenvalue weighted by Crippen LogP contribution is -2.38. The van der Waals surface area contributed by atoms with E-state index >= 15 is 0 Å². The average Bonchev–Trinajstić information content (AvgIpc) is 3.10. The SMILES string of the molecule is COc1cc(OC)c(NC(=O)CN(c2cc(C)cc(C)c2)S(=O)(=O)c2c(C)noc2C)cc1Cl. The van der Waals surface area contributed by atoms with E-state index in [1.807, 2.05) is 19.9 Å². The Hall–Kier alpha value is -3.24. The lowest BCUT2D eigenvalue weighted by molar-refractivity contribution is -0.114. The lowest BCUT2D eigenvalue weighted by Gasteiger charge is -2.25. The Bertz CT molecular complexity index is 1300. The Balaban J connectivity index is 2.03. The van der Waals surface area contributed by atoms with Crippen molar-refractivity contribution in [3.05, 3.63) is 57.9 Å². The van der Waals surface area contributed by atoms with Gasteiger partial charge in [-0.2, -0.15) is 0 Å². The van der Waals surface area contributed by atoms with Crippen LogP contribution in [0.5, 0.6) is 11.5 Å². The summed E-state index contributed by atoms with van der Waals surface area (Å²) in [4.78, 5) is 13.0. The smallest absolute Gasteiger partial charge is 0.270 e. The van der Waals surface area contributed by atoms with Crippen LogP contribution in [0, 0.1) is 27.7 Å². The highest BCUT2D eigenvalue weighted by molar-refractivity contribution is 7.93. The Kier molecular flexibility index (Phi) is 7.42. The molecule has 0 saturated heterocycles. The molecule has 1 amide bonds. The van der Waals surface area contributed by atoms with Crippen LogP contribution in [0.15, 0.2) is 39.8 Å². The third-order valence-corrected chi connectivity index (χ3v) is 7.36. The zero-order chi connectivity index (χ0) is 25.2. The predicted octanol–water partition coefficient (Wildman–Crippen LogP) is 4.41. The zero-order valence-electron chi connectivity index (χ0n) is 19.7. The molecule has 2 aromatic carbocycles. The summed E-state index contributed by atoms with van der Waals surface area (Å²) in [5.74, 6) is 0.209. The number of benzene rings is 2. The van der Waals surface area contributed by atoms with E-state index in [1.165, 1.54) is 40.2 Å². The van der Waals surface area contributed by atoms with Crippen molar-refractivity contribution in [3.63, 3.8) is 0 Å². The van der Waals surface area contributed by atoms with Crippen LogP contribution in [0.3, 0.4) is 0 Å². The summed E-state index contributed by atoms with van der Waals surface area (Å²) in [6.45, 7) is 6.23. The monoisotopic (exact) mass is 507 g/mol. The van der Waals surface area contributed by atoms with Crippen molar-refractivity contribution in [2.45, 2.75) is 32.6 Å². The van der Waals surface area contributed by atoms with E-state index < -0.39 is 22.5 Å². The molecule has 0 atom stereocenters. The maximum Gasteiger partial charge on any atom is 0.270 e. The topological polar surface area (TPSA) is 111 Å². The van der Waals surface area contributed by atoms with Gasteiger partial charge in [0.2, 0.25) is 5.91 Å². The maximum atomic E-state index is 13.7. The molecule has 0 spiro atoms. The van der Waals surface area contributed by atoms with Crippen LogP contribution in [-0.2, 0) is 14.8 Å². The molecular weight excluding hydrogens is 482 g/mol. The second-order valence-corrected chi connectivity index (χ2v) is 9.95. The van der Waals surface area contributed by atoms with Crippen molar-refractivity contribution < 1.29 is 27.2 Å². The minimum Gasteiger partial charge on any atom is -0.495 e. The van der Waals surface area contributed by atoms with Gasteiger partial charge in [-0.1, -0.05) is 22.8 Å². The number of aryl methyl sites for hydroxylation is 4. The minimum atomic E-state index is -4.19. The number of aromatic nitrogens is 1. The quantitative estimate of drug-likeness (QED) is 0.480. The second-order valence-electron chi connectivity index (χ2n) is 7.75. The van der Waals surface area contributed by atoms with Crippen LogP contribution in [0.2, 0.25) is 5.02 Å². The Labute approximate surface area is 203 Å². The number of hydrogen-bond donors (Lipinski definition) is 1. The van der Waals surface area contributed by atoms with Gasteiger partial charge >= 0.3 is 0 Å². The molecule has 0 unspecified atom stereocenters. The normalized spacial score (nSPS) is 11.3. The predicted molar refractivity (Wildman–Crippen MR) is 130 cm³/mol. The highest BCUT2D eigenvalue weighted by atomic mass is 35.5. The standard InChI is InChI=1S/C23H26ClN3O6S/c1-13-7-14(2)9-17(8-13)27(34(29,30)23-15(3)26-33-16(23)4)12-22(28)25-19-10-18(24)20(31-5)11-21(19)32-6/h7-11H,12H2,1-6H3,(H,25,28). The molecule has 1 heterocycles. The third-order valence-electron chi connectivity index (χ3n) is 5.05. The van der Waals surface area contributed by atoms with Crippen molar-refractivity contribution in [2.24, 2.45) is 0 Å². The number of nitrogens with zero attached hydrogens (tertiary/aromatic N) is 2. The van der Waals surface area contributed by atoms with E-state index in [0.717, 1.165) is 15.4 Å². The summed E-state index contributed by atoms with van der Waals surface area (Å²) in [5, 5.41) is 6.70. The van der Waals surface area contributed by atoms with E-state index in [0.29, 0.717) is 17.2 Å². The fourth-order valence-electron chi connectivity index (χ4n) is 3.64. The number of halogens is 1. The molecule has 1 N–H and O–H groups in total. The van der Waals surface area contributed by atoms with Crippen LogP contribution in [0.4, 0.5) is 11.4 Å². The number of methoxy groups -OCH3 is 2. The molecule has 0 aliphatic heterocycles. The van der Waals surface area contributed by atoms with E-state index in [1.54, 1.807) is 12.1 Å². The van der Waals surface area contributed by atoms with Gasteiger partial charge in [-0.05, 0) is 57.0 Å². The largest absolute Gasteiger partial charge is 0.495 e. The zero-order valence-corrected chi connectivity index (χ0v) is 21.3. The second kappa shape index (κ2) is 9.94. The highest BCUT2D eigenvalue weighted by Gasteiger charge is 2.33. The number of anilines is 2. The molecule has 3 aromatic rings. The molecule has 34 heavy (non-hydrogen) atoms. The molecular formula is C23H26ClN3O6S. The van der Waals surface area contributed by atoms with Crippen LogP contribution in [0.1, 0.15) is 22.6 Å². The summed E-state index contributed by atoms with van der Waals surface area (Å²) in [6.07, 6.45) is 0. The molecule has 0 aliphatic rings. The lowest BCUT2D eigenvalue weighted by atomic mass is 10.1. The van der Waals surface area contributed by atoms with Crippen LogP contribution >= 0.6 is 11.6 Å². The van der Waals surface area contributed by atoms with Crippen molar-refractivity contribution in [1.82, 2.24) is 5.16 Å². The third kappa shape index (κ3) is 5.13. The minimum absolute atomic E-state index is 0.0791. The molecule has 182 valence electrons. The first-order chi connectivity index (χ1) is 16.0. The Morgan fingerprint density at radius 2 is 1.65 bits per heavy atom.